The second-order valence-corrected chi connectivity index (χ2v) is 3.59. The van der Waals surface area contributed by atoms with Gasteiger partial charge in [0, 0.05) is 11.9 Å². The first-order chi connectivity index (χ1) is 7.84. The lowest BCUT2D eigenvalue weighted by Crippen LogP contribution is -2.27. The molecule has 1 aromatic carbocycles. The number of allylic oxidation sites excluding steroid dienone is 1. The van der Waals surface area contributed by atoms with E-state index in [1.807, 2.05) is 18.2 Å². The highest BCUT2D eigenvalue weighted by Gasteiger charge is 2.22. The Bertz CT molecular complexity index is 543. The first-order valence-electron chi connectivity index (χ1n) is 5.03. The summed E-state index contributed by atoms with van der Waals surface area (Å²) in [6, 6.07) is 7.33. The third-order valence-electron chi connectivity index (χ3n) is 2.55. The molecule has 0 saturated carbocycles. The molecule has 0 saturated heterocycles. The molecule has 78 valence electrons. The minimum atomic E-state index is -0.252. The number of nitrogens with zero attached hydrogens (tertiary/aromatic N) is 2. The fourth-order valence-corrected chi connectivity index (χ4v) is 1.77. The maximum Gasteiger partial charge on any atom is 0.279 e. The molecular weight excluding hydrogens is 202 g/mol. The Balaban J connectivity index is 2.14. The van der Waals surface area contributed by atoms with Crippen LogP contribution in [0.15, 0.2) is 46.4 Å². The van der Waals surface area contributed by atoms with Gasteiger partial charge in [0.15, 0.2) is 6.17 Å². The Hall–Kier alpha value is -2.23. The van der Waals surface area contributed by atoms with Crippen LogP contribution in [0.25, 0.3) is 0 Å². The lowest BCUT2D eigenvalue weighted by Gasteiger charge is -2.15. The van der Waals surface area contributed by atoms with Crippen molar-refractivity contribution < 1.29 is 4.79 Å². The second kappa shape index (κ2) is 3.41. The van der Waals surface area contributed by atoms with Crippen LogP contribution in [0.4, 0.5) is 5.69 Å². The Labute approximate surface area is 92.4 Å². The molecule has 1 N–H and O–H groups in total. The number of rotatable bonds is 0. The zero-order valence-electron chi connectivity index (χ0n) is 8.42. The van der Waals surface area contributed by atoms with Crippen molar-refractivity contribution in [2.45, 2.75) is 6.17 Å². The van der Waals surface area contributed by atoms with E-state index >= 15 is 0 Å². The average Bonchev–Trinajstić information content (AvgIpc) is 2.45. The summed E-state index contributed by atoms with van der Waals surface area (Å²) in [6.45, 7) is 0. The summed E-state index contributed by atoms with van der Waals surface area (Å²) >= 11 is 0. The predicted octanol–water partition coefficient (Wildman–Crippen LogP) is 1.66. The third-order valence-corrected chi connectivity index (χ3v) is 2.55. The zero-order valence-corrected chi connectivity index (χ0v) is 8.42. The first-order valence-corrected chi connectivity index (χ1v) is 5.03. The molecule has 0 radical (unpaired) electrons. The zero-order chi connectivity index (χ0) is 11.0. The second-order valence-electron chi connectivity index (χ2n) is 3.59. The van der Waals surface area contributed by atoms with Gasteiger partial charge in [0.1, 0.15) is 0 Å². The van der Waals surface area contributed by atoms with Crippen molar-refractivity contribution in [1.29, 1.82) is 0 Å². The quantitative estimate of drug-likeness (QED) is 0.709. The van der Waals surface area contributed by atoms with Gasteiger partial charge >= 0.3 is 0 Å². The van der Waals surface area contributed by atoms with Crippen molar-refractivity contribution in [3.05, 3.63) is 42.0 Å². The molecule has 16 heavy (non-hydrogen) atoms. The van der Waals surface area contributed by atoms with Crippen molar-refractivity contribution in [1.82, 2.24) is 0 Å². The monoisotopic (exact) mass is 211 g/mol. The molecule has 2 aliphatic rings. The number of anilines is 1. The number of carbonyl (C=O) groups excluding carboxylic acids is 1. The third kappa shape index (κ3) is 1.35. The van der Waals surface area contributed by atoms with E-state index in [-0.39, 0.29) is 12.1 Å². The van der Waals surface area contributed by atoms with Crippen molar-refractivity contribution >= 4 is 23.5 Å². The molecule has 0 aromatic heterocycles. The number of hydrogen-bond acceptors (Lipinski definition) is 3. The maximum absolute atomic E-state index is 11.8. The van der Waals surface area contributed by atoms with Gasteiger partial charge in [0.05, 0.1) is 11.3 Å². The molecule has 4 heteroatoms. The number of fused-ring (bicyclic) bond motifs is 2. The van der Waals surface area contributed by atoms with E-state index in [2.05, 4.69) is 15.3 Å². The molecule has 1 unspecified atom stereocenters. The lowest BCUT2D eigenvalue weighted by molar-refractivity contribution is 0.100. The Morgan fingerprint density at radius 1 is 1.25 bits per heavy atom. The molecule has 1 aromatic rings. The van der Waals surface area contributed by atoms with Crippen molar-refractivity contribution in [2.75, 3.05) is 5.32 Å². The van der Waals surface area contributed by atoms with Crippen LogP contribution in [0.5, 0.6) is 0 Å². The van der Waals surface area contributed by atoms with Crippen molar-refractivity contribution in [3.8, 4) is 0 Å². The highest BCUT2D eigenvalue weighted by Crippen LogP contribution is 2.21. The van der Waals surface area contributed by atoms with Crippen LogP contribution < -0.4 is 5.32 Å². The molecule has 0 spiro atoms. The van der Waals surface area contributed by atoms with E-state index in [0.29, 0.717) is 11.3 Å². The Morgan fingerprint density at radius 3 is 3.06 bits per heavy atom. The van der Waals surface area contributed by atoms with Gasteiger partial charge in [-0.1, -0.05) is 12.1 Å². The van der Waals surface area contributed by atoms with Crippen LogP contribution in [-0.4, -0.2) is 24.0 Å². The Kier molecular flexibility index (Phi) is 1.93. The summed E-state index contributed by atoms with van der Waals surface area (Å²) in [5.74, 6) is -0.220. The van der Waals surface area contributed by atoms with Crippen molar-refractivity contribution in [2.24, 2.45) is 9.98 Å². The van der Waals surface area contributed by atoms with Crippen LogP contribution in [0.3, 0.4) is 0 Å². The summed E-state index contributed by atoms with van der Waals surface area (Å²) < 4.78 is 0. The van der Waals surface area contributed by atoms with E-state index < -0.39 is 0 Å². The number of nitrogens with one attached hydrogen (secondary N) is 1. The van der Waals surface area contributed by atoms with Crippen LogP contribution in [-0.2, 0) is 0 Å². The van der Waals surface area contributed by atoms with E-state index in [9.17, 15) is 4.79 Å². The van der Waals surface area contributed by atoms with E-state index in [0.717, 1.165) is 5.69 Å². The van der Waals surface area contributed by atoms with Gasteiger partial charge in [-0.2, -0.15) is 0 Å². The largest absolute Gasteiger partial charge is 0.358 e. The molecule has 0 fully saturated rings. The summed E-state index contributed by atoms with van der Waals surface area (Å²) in [4.78, 5) is 20.1. The SMILES string of the molecule is O=C1N=C2C=CC=NC2Nc2ccccc21. The number of para-hydroxylation sites is 1. The normalized spacial score (nSPS) is 21.6. The van der Waals surface area contributed by atoms with Crippen LogP contribution in [0.2, 0.25) is 0 Å². The molecule has 1 amide bonds. The van der Waals surface area contributed by atoms with E-state index in [1.54, 1.807) is 24.4 Å². The van der Waals surface area contributed by atoms with Gasteiger partial charge in [0.2, 0.25) is 0 Å². The van der Waals surface area contributed by atoms with Gasteiger partial charge in [-0.25, -0.2) is 4.99 Å². The number of carbonyl (C=O) groups is 1. The molecular formula is C12H9N3O. The molecule has 0 bridgehead atoms. The number of hydrogen-bond donors (Lipinski definition) is 1. The van der Waals surface area contributed by atoms with Gasteiger partial charge in [-0.3, -0.25) is 9.79 Å². The van der Waals surface area contributed by atoms with Gasteiger partial charge < -0.3 is 5.32 Å². The highest BCUT2D eigenvalue weighted by molar-refractivity contribution is 6.16. The number of dihydropyridines is 1. The summed E-state index contributed by atoms with van der Waals surface area (Å²) in [7, 11) is 0. The number of benzene rings is 1. The molecule has 2 heterocycles. The molecule has 3 rings (SSSR count). The molecule has 2 aliphatic heterocycles. The lowest BCUT2D eigenvalue weighted by atomic mass is 10.1. The topological polar surface area (TPSA) is 53.8 Å². The standard InChI is InChI=1S/C12H9N3O/c16-12-8-4-1-2-5-9(8)14-11-10(15-12)6-3-7-13-11/h1-7,11,14H. The maximum atomic E-state index is 11.8. The molecule has 4 nitrogen and oxygen atoms in total. The van der Waals surface area contributed by atoms with Crippen LogP contribution in [0.1, 0.15) is 10.4 Å². The predicted molar refractivity (Wildman–Crippen MR) is 63.3 cm³/mol. The Morgan fingerprint density at radius 2 is 2.12 bits per heavy atom. The summed E-state index contributed by atoms with van der Waals surface area (Å²) in [5.41, 5.74) is 2.03. The summed E-state index contributed by atoms with van der Waals surface area (Å²) in [6.07, 6.45) is 5.03. The molecule has 0 aliphatic carbocycles. The average molecular weight is 211 g/mol. The van der Waals surface area contributed by atoms with Crippen LogP contribution in [0, 0.1) is 0 Å². The smallest absolute Gasteiger partial charge is 0.279 e. The van der Waals surface area contributed by atoms with Gasteiger partial charge in [-0.05, 0) is 24.3 Å². The summed E-state index contributed by atoms with van der Waals surface area (Å²) in [5, 5.41) is 3.19. The van der Waals surface area contributed by atoms with Crippen LogP contribution >= 0.6 is 0 Å². The minimum Gasteiger partial charge on any atom is -0.358 e. The number of aliphatic imine (C=N–C) groups is 2. The number of amides is 1. The molecule has 1 atom stereocenters. The van der Waals surface area contributed by atoms with E-state index in [4.69, 9.17) is 0 Å². The van der Waals surface area contributed by atoms with Gasteiger partial charge in [0.25, 0.3) is 5.91 Å². The van der Waals surface area contributed by atoms with Gasteiger partial charge in [-0.15, -0.1) is 0 Å². The fourth-order valence-electron chi connectivity index (χ4n) is 1.77. The van der Waals surface area contributed by atoms with E-state index in [1.165, 1.54) is 0 Å². The fraction of sp³-hybridized carbons (Fsp3) is 0.0833. The minimum absolute atomic E-state index is 0.220. The van der Waals surface area contributed by atoms with Crippen molar-refractivity contribution in [3.63, 3.8) is 0 Å². The first kappa shape index (κ1) is 9.03. The highest BCUT2D eigenvalue weighted by atomic mass is 16.1.